The molecule has 1 fully saturated rings. The Morgan fingerprint density at radius 2 is 1.92 bits per heavy atom. The molecule has 1 heterocycles. The summed E-state index contributed by atoms with van der Waals surface area (Å²) in [6.07, 6.45) is -4.30. The fraction of sp³-hybridized carbons (Fsp3) is 1.00. The van der Waals surface area contributed by atoms with Crippen LogP contribution in [0.3, 0.4) is 0 Å². The van der Waals surface area contributed by atoms with Crippen molar-refractivity contribution in [2.75, 3.05) is 6.61 Å². The molecule has 0 amide bonds. The van der Waals surface area contributed by atoms with Gasteiger partial charge >= 0.3 is 0 Å². The quantitative estimate of drug-likeness (QED) is 0.416. The Kier molecular flexibility index (Phi) is 3.63. The van der Waals surface area contributed by atoms with Gasteiger partial charge in [-0.1, -0.05) is 0 Å². The molecule has 0 aliphatic carbocycles. The Morgan fingerprint density at radius 1 is 1.31 bits per heavy atom. The maximum absolute atomic E-state index is 9.40. The zero-order valence-electron chi connectivity index (χ0n) is 7.50. The van der Waals surface area contributed by atoms with E-state index in [1.54, 1.807) is 0 Å². The van der Waals surface area contributed by atoms with Crippen LogP contribution in [0.2, 0.25) is 0 Å². The molecular formula is C8H16O5. The fourth-order valence-electron chi connectivity index (χ4n) is 1.41. The average Bonchev–Trinajstić information content (AvgIpc) is 2.03. The maximum Gasteiger partial charge on any atom is 0.112 e. The lowest BCUT2D eigenvalue weighted by Crippen LogP contribution is -2.50. The van der Waals surface area contributed by atoms with Crippen molar-refractivity contribution in [3.8, 4) is 0 Å². The Hall–Kier alpha value is -0.200. The first-order valence-corrected chi connectivity index (χ1v) is 4.36. The first-order chi connectivity index (χ1) is 6.02. The standard InChI is InChI=1S/C8H16O5/c1-4(9)7(12)8-6(11)2-5(10)3-13-8/h4-12H,2-3H2,1H3/t4?,5?,6-,7?,8?/m0/s1. The number of hydrogen-bond donors (Lipinski definition) is 4. The highest BCUT2D eigenvalue weighted by Gasteiger charge is 2.35. The largest absolute Gasteiger partial charge is 0.391 e. The molecule has 5 atom stereocenters. The number of aliphatic hydroxyl groups is 4. The van der Waals surface area contributed by atoms with E-state index in [1.807, 2.05) is 0 Å². The summed E-state index contributed by atoms with van der Waals surface area (Å²) in [4.78, 5) is 0. The Bertz CT molecular complexity index is 161. The van der Waals surface area contributed by atoms with E-state index in [4.69, 9.17) is 14.9 Å². The van der Waals surface area contributed by atoms with Crippen LogP contribution in [0.15, 0.2) is 0 Å². The maximum atomic E-state index is 9.40. The van der Waals surface area contributed by atoms with Crippen LogP contribution in [0.25, 0.3) is 0 Å². The molecule has 1 saturated heterocycles. The van der Waals surface area contributed by atoms with Crippen LogP contribution in [0.4, 0.5) is 0 Å². The van der Waals surface area contributed by atoms with Gasteiger partial charge in [-0.05, 0) is 6.92 Å². The van der Waals surface area contributed by atoms with Gasteiger partial charge in [0.15, 0.2) is 0 Å². The molecule has 0 saturated carbocycles. The fourth-order valence-corrected chi connectivity index (χ4v) is 1.41. The van der Waals surface area contributed by atoms with Gasteiger partial charge in [0.1, 0.15) is 12.2 Å². The zero-order valence-corrected chi connectivity index (χ0v) is 7.50. The summed E-state index contributed by atoms with van der Waals surface area (Å²) >= 11 is 0. The van der Waals surface area contributed by atoms with E-state index in [0.29, 0.717) is 0 Å². The molecule has 5 heteroatoms. The summed E-state index contributed by atoms with van der Waals surface area (Å²) < 4.78 is 5.02. The monoisotopic (exact) mass is 192 g/mol. The third-order valence-electron chi connectivity index (χ3n) is 2.20. The van der Waals surface area contributed by atoms with E-state index in [-0.39, 0.29) is 13.0 Å². The van der Waals surface area contributed by atoms with Crippen molar-refractivity contribution >= 4 is 0 Å². The lowest BCUT2D eigenvalue weighted by Gasteiger charge is -2.34. The first-order valence-electron chi connectivity index (χ1n) is 4.36. The Labute approximate surface area is 76.6 Å². The van der Waals surface area contributed by atoms with Gasteiger partial charge in [0.05, 0.1) is 24.9 Å². The number of ether oxygens (including phenoxy) is 1. The minimum absolute atomic E-state index is 0.0888. The lowest BCUT2D eigenvalue weighted by atomic mass is 9.97. The first kappa shape index (κ1) is 10.9. The van der Waals surface area contributed by atoms with Gasteiger partial charge in [-0.3, -0.25) is 0 Å². The highest BCUT2D eigenvalue weighted by Crippen LogP contribution is 2.18. The Morgan fingerprint density at radius 3 is 2.38 bits per heavy atom. The summed E-state index contributed by atoms with van der Waals surface area (Å²) in [6, 6.07) is 0. The minimum atomic E-state index is -1.11. The van der Waals surface area contributed by atoms with Crippen molar-refractivity contribution in [3.05, 3.63) is 0 Å². The highest BCUT2D eigenvalue weighted by atomic mass is 16.5. The number of rotatable bonds is 2. The molecule has 0 bridgehead atoms. The van der Waals surface area contributed by atoms with E-state index in [9.17, 15) is 10.2 Å². The van der Waals surface area contributed by atoms with E-state index in [0.717, 1.165) is 0 Å². The van der Waals surface area contributed by atoms with Crippen LogP contribution in [-0.2, 0) is 4.74 Å². The van der Waals surface area contributed by atoms with Crippen LogP contribution >= 0.6 is 0 Å². The summed E-state index contributed by atoms with van der Waals surface area (Å²) in [5.41, 5.74) is 0. The van der Waals surface area contributed by atoms with Crippen molar-refractivity contribution in [2.45, 2.75) is 43.9 Å². The van der Waals surface area contributed by atoms with Crippen LogP contribution in [0.1, 0.15) is 13.3 Å². The molecule has 0 spiro atoms. The summed E-state index contributed by atoms with van der Waals surface area (Å²) in [6.45, 7) is 1.51. The van der Waals surface area contributed by atoms with Gasteiger partial charge in [-0.2, -0.15) is 0 Å². The van der Waals surface area contributed by atoms with Crippen molar-refractivity contribution in [1.82, 2.24) is 0 Å². The van der Waals surface area contributed by atoms with Gasteiger partial charge < -0.3 is 25.2 Å². The summed E-state index contributed by atoms with van der Waals surface area (Å²) in [7, 11) is 0. The molecule has 1 rings (SSSR count). The minimum Gasteiger partial charge on any atom is -0.391 e. The lowest BCUT2D eigenvalue weighted by molar-refractivity contribution is -0.177. The summed E-state index contributed by atoms with van der Waals surface area (Å²) in [5, 5.41) is 36.9. The molecule has 78 valence electrons. The van der Waals surface area contributed by atoms with Gasteiger partial charge in [0, 0.05) is 6.42 Å². The molecule has 0 radical (unpaired) electrons. The molecule has 4 unspecified atom stereocenters. The van der Waals surface area contributed by atoms with Crippen molar-refractivity contribution in [2.24, 2.45) is 0 Å². The molecular weight excluding hydrogens is 176 g/mol. The molecule has 0 aromatic carbocycles. The van der Waals surface area contributed by atoms with E-state index in [1.165, 1.54) is 6.92 Å². The average molecular weight is 192 g/mol. The molecule has 1 aliphatic rings. The second kappa shape index (κ2) is 4.34. The second-order valence-corrected chi connectivity index (χ2v) is 3.49. The molecule has 13 heavy (non-hydrogen) atoms. The second-order valence-electron chi connectivity index (χ2n) is 3.49. The van der Waals surface area contributed by atoms with Crippen LogP contribution in [0.5, 0.6) is 0 Å². The van der Waals surface area contributed by atoms with Gasteiger partial charge in [0.2, 0.25) is 0 Å². The van der Waals surface area contributed by atoms with Crippen molar-refractivity contribution in [3.63, 3.8) is 0 Å². The molecule has 0 aromatic heterocycles. The van der Waals surface area contributed by atoms with E-state index < -0.39 is 30.5 Å². The predicted octanol–water partition coefficient (Wildman–Crippen LogP) is -1.76. The molecule has 5 nitrogen and oxygen atoms in total. The highest BCUT2D eigenvalue weighted by molar-refractivity contribution is 4.85. The van der Waals surface area contributed by atoms with Crippen LogP contribution < -0.4 is 0 Å². The smallest absolute Gasteiger partial charge is 0.112 e. The van der Waals surface area contributed by atoms with Crippen LogP contribution in [-0.4, -0.2) is 57.6 Å². The number of aliphatic hydroxyl groups excluding tert-OH is 4. The van der Waals surface area contributed by atoms with Gasteiger partial charge in [-0.15, -0.1) is 0 Å². The number of hydrogen-bond acceptors (Lipinski definition) is 5. The zero-order chi connectivity index (χ0) is 10.0. The summed E-state index contributed by atoms with van der Waals surface area (Å²) in [5.74, 6) is 0. The van der Waals surface area contributed by atoms with Gasteiger partial charge in [-0.25, -0.2) is 0 Å². The van der Waals surface area contributed by atoms with Crippen LogP contribution in [0, 0.1) is 0 Å². The Balaban J connectivity index is 2.50. The molecule has 0 aromatic rings. The SMILES string of the molecule is CC(O)C(O)C1OCC(O)C[C@@H]1O. The van der Waals surface area contributed by atoms with E-state index in [2.05, 4.69) is 0 Å². The topological polar surface area (TPSA) is 90.2 Å². The van der Waals surface area contributed by atoms with Gasteiger partial charge in [0.25, 0.3) is 0 Å². The van der Waals surface area contributed by atoms with E-state index >= 15 is 0 Å². The van der Waals surface area contributed by atoms with Crippen molar-refractivity contribution < 1.29 is 25.2 Å². The third-order valence-corrected chi connectivity index (χ3v) is 2.20. The molecule has 4 N–H and O–H groups in total. The molecule has 1 aliphatic heterocycles. The predicted molar refractivity (Wildman–Crippen MR) is 44.1 cm³/mol. The normalized spacial score (nSPS) is 39.9. The third kappa shape index (κ3) is 2.62. The van der Waals surface area contributed by atoms with Crippen molar-refractivity contribution in [1.29, 1.82) is 0 Å².